The van der Waals surface area contributed by atoms with E-state index in [1.807, 2.05) is 18.3 Å². The molecule has 0 bridgehead atoms. The van der Waals surface area contributed by atoms with Crippen LogP contribution in [0.1, 0.15) is 18.9 Å². The molecule has 2 nitrogen and oxygen atoms in total. The van der Waals surface area contributed by atoms with Gasteiger partial charge < -0.3 is 5.32 Å². The Hall–Kier alpha value is -0.600. The Morgan fingerprint density at radius 3 is 2.92 bits per heavy atom. The molecule has 13 heavy (non-hydrogen) atoms. The quantitative estimate of drug-likeness (QED) is 0.751. The maximum absolute atomic E-state index is 5.68. The molecule has 0 saturated heterocycles. The summed E-state index contributed by atoms with van der Waals surface area (Å²) < 4.78 is 0. The van der Waals surface area contributed by atoms with Gasteiger partial charge in [0.2, 0.25) is 0 Å². The van der Waals surface area contributed by atoms with E-state index >= 15 is 0 Å². The second-order valence-corrected chi connectivity index (χ2v) is 4.08. The third-order valence-corrected chi connectivity index (χ3v) is 2.69. The van der Waals surface area contributed by atoms with Crippen LogP contribution in [-0.2, 0) is 6.54 Å². The van der Waals surface area contributed by atoms with Gasteiger partial charge in [-0.15, -0.1) is 0 Å². The van der Waals surface area contributed by atoms with Crippen LogP contribution in [0, 0.1) is 5.92 Å². The summed E-state index contributed by atoms with van der Waals surface area (Å²) in [4.78, 5) is 4.02. The number of rotatable bonds is 3. The SMILES string of the molecule is C[C@@H]1C[C@H]1NCc1ccc(Cl)nc1. The summed E-state index contributed by atoms with van der Waals surface area (Å²) in [6, 6.07) is 4.56. The fourth-order valence-electron chi connectivity index (χ4n) is 1.37. The van der Waals surface area contributed by atoms with Gasteiger partial charge in [-0.1, -0.05) is 24.6 Å². The highest BCUT2D eigenvalue weighted by molar-refractivity contribution is 6.29. The molecule has 1 fully saturated rings. The van der Waals surface area contributed by atoms with Gasteiger partial charge in [-0.25, -0.2) is 4.98 Å². The Labute approximate surface area is 83.3 Å². The highest BCUT2D eigenvalue weighted by Gasteiger charge is 2.31. The highest BCUT2D eigenvalue weighted by Crippen LogP contribution is 2.29. The van der Waals surface area contributed by atoms with Crippen LogP contribution in [0.3, 0.4) is 0 Å². The molecule has 1 aliphatic carbocycles. The zero-order valence-corrected chi connectivity index (χ0v) is 8.38. The van der Waals surface area contributed by atoms with Gasteiger partial charge in [-0.05, 0) is 24.0 Å². The summed E-state index contributed by atoms with van der Waals surface area (Å²) in [5, 5.41) is 4.02. The lowest BCUT2D eigenvalue weighted by Gasteiger charge is -2.02. The third kappa shape index (κ3) is 2.42. The van der Waals surface area contributed by atoms with Gasteiger partial charge in [0.05, 0.1) is 0 Å². The lowest BCUT2D eigenvalue weighted by atomic mass is 10.3. The first kappa shape index (κ1) is 8.97. The van der Waals surface area contributed by atoms with Crippen molar-refractivity contribution in [3.05, 3.63) is 29.0 Å². The van der Waals surface area contributed by atoms with Crippen molar-refractivity contribution < 1.29 is 0 Å². The van der Waals surface area contributed by atoms with Crippen molar-refractivity contribution >= 4 is 11.6 Å². The fraction of sp³-hybridized carbons (Fsp3) is 0.500. The largest absolute Gasteiger partial charge is 0.310 e. The summed E-state index contributed by atoms with van der Waals surface area (Å²) in [5.74, 6) is 0.847. The molecule has 0 unspecified atom stereocenters. The first-order valence-electron chi connectivity index (χ1n) is 4.59. The zero-order valence-electron chi connectivity index (χ0n) is 7.63. The Bertz CT molecular complexity index is 283. The number of halogens is 1. The first-order valence-corrected chi connectivity index (χ1v) is 4.97. The monoisotopic (exact) mass is 196 g/mol. The molecule has 1 aromatic rings. The Morgan fingerprint density at radius 1 is 1.62 bits per heavy atom. The lowest BCUT2D eigenvalue weighted by Crippen LogP contribution is -2.16. The van der Waals surface area contributed by atoms with E-state index in [0.29, 0.717) is 5.15 Å². The highest BCUT2D eigenvalue weighted by atomic mass is 35.5. The molecule has 1 heterocycles. The van der Waals surface area contributed by atoms with Crippen molar-refractivity contribution in [1.29, 1.82) is 0 Å². The van der Waals surface area contributed by atoms with Crippen LogP contribution >= 0.6 is 11.6 Å². The van der Waals surface area contributed by atoms with E-state index in [2.05, 4.69) is 17.2 Å². The molecule has 1 aliphatic rings. The molecular formula is C10H13ClN2. The summed E-state index contributed by atoms with van der Waals surface area (Å²) in [5.41, 5.74) is 1.20. The standard InChI is InChI=1S/C10H13ClN2/c1-7-4-9(7)12-5-8-2-3-10(11)13-6-8/h2-3,6-7,9,12H,4-5H2,1H3/t7-,9-/m1/s1. The molecule has 1 N–H and O–H groups in total. The summed E-state index contributed by atoms with van der Waals surface area (Å²) >= 11 is 5.68. The molecular weight excluding hydrogens is 184 g/mol. The topological polar surface area (TPSA) is 24.9 Å². The summed E-state index contributed by atoms with van der Waals surface area (Å²) in [7, 11) is 0. The zero-order chi connectivity index (χ0) is 9.26. The number of aromatic nitrogens is 1. The van der Waals surface area contributed by atoms with E-state index in [-0.39, 0.29) is 0 Å². The average Bonchev–Trinajstić information content (AvgIpc) is 2.81. The number of nitrogens with zero attached hydrogens (tertiary/aromatic N) is 1. The molecule has 3 heteroatoms. The van der Waals surface area contributed by atoms with Crippen molar-refractivity contribution in [1.82, 2.24) is 10.3 Å². The minimum absolute atomic E-state index is 0.559. The van der Waals surface area contributed by atoms with E-state index in [9.17, 15) is 0 Å². The van der Waals surface area contributed by atoms with E-state index in [1.165, 1.54) is 12.0 Å². The molecule has 2 rings (SSSR count). The van der Waals surface area contributed by atoms with Crippen molar-refractivity contribution in [3.63, 3.8) is 0 Å². The maximum atomic E-state index is 5.68. The van der Waals surface area contributed by atoms with Gasteiger partial charge in [0.15, 0.2) is 0 Å². The van der Waals surface area contributed by atoms with Crippen LogP contribution in [0.15, 0.2) is 18.3 Å². The van der Waals surface area contributed by atoms with Gasteiger partial charge in [0.25, 0.3) is 0 Å². The molecule has 1 aromatic heterocycles. The van der Waals surface area contributed by atoms with Crippen molar-refractivity contribution in [2.45, 2.75) is 25.9 Å². The molecule has 70 valence electrons. The lowest BCUT2D eigenvalue weighted by molar-refractivity contribution is 0.651. The van der Waals surface area contributed by atoms with E-state index in [1.54, 1.807) is 0 Å². The minimum atomic E-state index is 0.559. The van der Waals surface area contributed by atoms with Gasteiger partial charge in [-0.3, -0.25) is 0 Å². The number of hydrogen-bond donors (Lipinski definition) is 1. The number of hydrogen-bond acceptors (Lipinski definition) is 2. The Balaban J connectivity index is 1.84. The van der Waals surface area contributed by atoms with Crippen LogP contribution in [0.4, 0.5) is 0 Å². The van der Waals surface area contributed by atoms with Crippen LogP contribution in [-0.4, -0.2) is 11.0 Å². The van der Waals surface area contributed by atoms with Gasteiger partial charge in [0.1, 0.15) is 5.15 Å². The smallest absolute Gasteiger partial charge is 0.129 e. The normalized spacial score (nSPS) is 26.0. The van der Waals surface area contributed by atoms with Gasteiger partial charge >= 0.3 is 0 Å². The first-order chi connectivity index (χ1) is 6.25. The van der Waals surface area contributed by atoms with Crippen LogP contribution in [0.5, 0.6) is 0 Å². The van der Waals surface area contributed by atoms with Gasteiger partial charge in [-0.2, -0.15) is 0 Å². The number of nitrogens with one attached hydrogen (secondary N) is 1. The summed E-state index contributed by atoms with van der Waals surface area (Å²) in [6.07, 6.45) is 3.13. The predicted molar refractivity (Wildman–Crippen MR) is 53.7 cm³/mol. The van der Waals surface area contributed by atoms with Crippen molar-refractivity contribution in [3.8, 4) is 0 Å². The fourth-order valence-corrected chi connectivity index (χ4v) is 1.48. The predicted octanol–water partition coefficient (Wildman–Crippen LogP) is 2.23. The van der Waals surface area contributed by atoms with E-state index in [0.717, 1.165) is 18.5 Å². The Morgan fingerprint density at radius 2 is 2.38 bits per heavy atom. The van der Waals surface area contributed by atoms with Gasteiger partial charge in [0, 0.05) is 18.8 Å². The summed E-state index contributed by atoms with van der Waals surface area (Å²) in [6.45, 7) is 3.16. The maximum Gasteiger partial charge on any atom is 0.129 e. The van der Waals surface area contributed by atoms with Crippen LogP contribution < -0.4 is 5.32 Å². The molecule has 2 atom stereocenters. The average molecular weight is 197 g/mol. The van der Waals surface area contributed by atoms with Crippen LogP contribution in [0.25, 0.3) is 0 Å². The molecule has 1 saturated carbocycles. The molecule has 0 amide bonds. The van der Waals surface area contributed by atoms with E-state index < -0.39 is 0 Å². The number of pyridine rings is 1. The van der Waals surface area contributed by atoms with Crippen molar-refractivity contribution in [2.24, 2.45) is 5.92 Å². The van der Waals surface area contributed by atoms with Crippen molar-refractivity contribution in [2.75, 3.05) is 0 Å². The molecule has 0 aromatic carbocycles. The Kier molecular flexibility index (Phi) is 2.51. The molecule has 0 spiro atoms. The third-order valence-electron chi connectivity index (χ3n) is 2.47. The molecule has 0 radical (unpaired) electrons. The van der Waals surface area contributed by atoms with E-state index in [4.69, 9.17) is 11.6 Å². The second-order valence-electron chi connectivity index (χ2n) is 3.69. The minimum Gasteiger partial charge on any atom is -0.310 e. The van der Waals surface area contributed by atoms with Crippen LogP contribution in [0.2, 0.25) is 5.15 Å². The second kappa shape index (κ2) is 3.64. The molecule has 0 aliphatic heterocycles.